The molecular weight excluding hydrogens is 342 g/mol. The van der Waals surface area contributed by atoms with Gasteiger partial charge in [-0.25, -0.2) is 0 Å². The van der Waals surface area contributed by atoms with Crippen molar-refractivity contribution < 1.29 is 0 Å². The maximum absolute atomic E-state index is 5.26. The predicted molar refractivity (Wildman–Crippen MR) is 98.8 cm³/mol. The molecule has 0 saturated heterocycles. The monoisotopic (exact) mass is 363 g/mol. The summed E-state index contributed by atoms with van der Waals surface area (Å²) in [6, 6.07) is 0. The quantitative estimate of drug-likeness (QED) is 0.607. The van der Waals surface area contributed by atoms with Gasteiger partial charge >= 0.3 is 0 Å². The highest BCUT2D eigenvalue weighted by molar-refractivity contribution is 7.80. The molecule has 1 heterocycles. The van der Waals surface area contributed by atoms with E-state index in [9.17, 15) is 0 Å². The van der Waals surface area contributed by atoms with Crippen molar-refractivity contribution in [1.29, 1.82) is 0 Å². The molecule has 0 aliphatic rings. The minimum Gasteiger partial charge on any atom is -0.353 e. The number of rotatable bonds is 3. The Bertz CT molecular complexity index is 571. The number of nitrogens with zero attached hydrogens (tertiary/aromatic N) is 5. The molecule has 1 aromatic rings. The fourth-order valence-electron chi connectivity index (χ4n) is 1.28. The highest BCUT2D eigenvalue weighted by Crippen LogP contribution is 1.98. The van der Waals surface area contributed by atoms with Crippen molar-refractivity contribution >= 4 is 55.3 Å². The maximum atomic E-state index is 5.26. The van der Waals surface area contributed by atoms with Gasteiger partial charge in [-0.15, -0.1) is 0 Å². The highest BCUT2D eigenvalue weighted by atomic mass is 32.9. The van der Waals surface area contributed by atoms with Gasteiger partial charge in [0, 0.05) is 34.7 Å². The lowest BCUT2D eigenvalue weighted by molar-refractivity contribution is 0.589. The molecule has 0 bridgehead atoms. The Kier molecular flexibility index (Phi) is 7.64. The molecule has 0 spiro atoms. The summed E-state index contributed by atoms with van der Waals surface area (Å²) in [7, 11) is 10.7. The minimum atomic E-state index is 0.566. The van der Waals surface area contributed by atoms with Gasteiger partial charge in [0.2, 0.25) is 9.60 Å². The summed E-state index contributed by atoms with van der Waals surface area (Å²) in [5, 5.41) is 1.13. The Morgan fingerprint density at radius 2 is 1.43 bits per heavy atom. The maximum Gasteiger partial charge on any atom is 0.204 e. The van der Waals surface area contributed by atoms with Crippen molar-refractivity contribution in [1.82, 2.24) is 14.4 Å². The van der Waals surface area contributed by atoms with Crippen molar-refractivity contribution in [2.45, 2.75) is 26.3 Å². The zero-order chi connectivity index (χ0) is 16.0. The average Bonchev–Trinajstić information content (AvgIpc) is 2.78. The number of aromatic nitrogens is 1. The first-order valence-corrected chi connectivity index (χ1v) is 9.55. The first-order valence-electron chi connectivity index (χ1n) is 6.58. The second-order valence-electron chi connectivity index (χ2n) is 4.81. The van der Waals surface area contributed by atoms with Gasteiger partial charge in [-0.2, -0.15) is 9.98 Å². The molecule has 0 N–H and O–H groups in total. The highest BCUT2D eigenvalue weighted by Gasteiger charge is 2.05. The molecule has 0 aliphatic heterocycles. The van der Waals surface area contributed by atoms with E-state index < -0.39 is 0 Å². The summed E-state index contributed by atoms with van der Waals surface area (Å²) in [6.07, 6.45) is 2.19. The molecule has 21 heavy (non-hydrogen) atoms. The van der Waals surface area contributed by atoms with E-state index in [0.29, 0.717) is 10.2 Å². The number of hydrogen-bond donors (Lipinski definition) is 0. The van der Waals surface area contributed by atoms with E-state index in [0.717, 1.165) is 29.0 Å². The molecule has 0 fully saturated rings. The van der Waals surface area contributed by atoms with E-state index in [-0.39, 0.29) is 0 Å². The van der Waals surface area contributed by atoms with E-state index in [4.69, 9.17) is 24.4 Å². The molecule has 0 saturated carbocycles. The van der Waals surface area contributed by atoms with Crippen LogP contribution in [0.15, 0.2) is 9.98 Å². The van der Waals surface area contributed by atoms with Gasteiger partial charge in [-0.1, -0.05) is 13.3 Å². The summed E-state index contributed by atoms with van der Waals surface area (Å²) in [5.74, 6) is 0. The van der Waals surface area contributed by atoms with Crippen molar-refractivity contribution in [3.63, 3.8) is 0 Å². The van der Waals surface area contributed by atoms with Gasteiger partial charge in [-0.05, 0) is 51.5 Å². The molecule has 0 amide bonds. The van der Waals surface area contributed by atoms with Crippen LogP contribution < -0.4 is 9.60 Å². The molecule has 0 atom stereocenters. The summed E-state index contributed by atoms with van der Waals surface area (Å²) < 4.78 is 2.10. The molecule has 9 heteroatoms. The molecule has 0 unspecified atom stereocenters. The smallest absolute Gasteiger partial charge is 0.204 e. The van der Waals surface area contributed by atoms with Crippen LogP contribution in [0.5, 0.6) is 0 Å². The molecule has 0 aromatic carbocycles. The van der Waals surface area contributed by atoms with Gasteiger partial charge in [0.25, 0.3) is 0 Å². The van der Waals surface area contributed by atoms with Crippen molar-refractivity contribution in [3.05, 3.63) is 9.60 Å². The van der Waals surface area contributed by atoms with Crippen molar-refractivity contribution in [2.24, 2.45) is 9.98 Å². The number of unbranched alkanes of at least 4 members (excludes halogenated alkanes) is 1. The zero-order valence-corrected chi connectivity index (χ0v) is 16.3. The molecule has 0 radical (unpaired) electrons. The minimum absolute atomic E-state index is 0.566. The van der Waals surface area contributed by atoms with Gasteiger partial charge in [0.05, 0.1) is 0 Å². The molecule has 0 aliphatic carbocycles. The van der Waals surface area contributed by atoms with Crippen LogP contribution in [0.3, 0.4) is 0 Å². The molecule has 1 aromatic heterocycles. The van der Waals surface area contributed by atoms with E-state index in [1.807, 2.05) is 38.0 Å². The van der Waals surface area contributed by atoms with Gasteiger partial charge in [0.15, 0.2) is 10.2 Å². The van der Waals surface area contributed by atoms with Crippen LogP contribution in [0.4, 0.5) is 0 Å². The number of hydrogen-bond acceptors (Lipinski definition) is 4. The van der Waals surface area contributed by atoms with Crippen LogP contribution in [0, 0.1) is 0 Å². The molecule has 1 rings (SSSR count). The normalized spacial score (nSPS) is 12.6. The molecule has 118 valence electrons. The van der Waals surface area contributed by atoms with E-state index in [1.54, 1.807) is 20.7 Å². The SMILES string of the molecule is CCCCn1/c(=N/C(=S)N(C)C)ss/c1=N/C(=S)N(C)C. The van der Waals surface area contributed by atoms with Crippen LogP contribution in [0.1, 0.15) is 19.8 Å². The molecule has 5 nitrogen and oxygen atoms in total. The lowest BCUT2D eigenvalue weighted by Gasteiger charge is -2.09. The van der Waals surface area contributed by atoms with Gasteiger partial charge < -0.3 is 9.80 Å². The lowest BCUT2D eigenvalue weighted by Crippen LogP contribution is -2.31. The standard InChI is InChI=1S/C12H21N5S4/c1-6-7-8-17-11(13-9(18)15(2)3)20-21-12(17)14-10(19)16(4)5/h6-8H2,1-5H3/b13-11-,14-12+. The number of thiocarbonyl (C=S) groups is 2. The van der Waals surface area contributed by atoms with Crippen LogP contribution >= 0.6 is 45.1 Å². The van der Waals surface area contributed by atoms with Crippen LogP contribution in [-0.4, -0.2) is 52.8 Å². The van der Waals surface area contributed by atoms with Crippen LogP contribution in [-0.2, 0) is 6.54 Å². The van der Waals surface area contributed by atoms with E-state index in [2.05, 4.69) is 21.5 Å². The lowest BCUT2D eigenvalue weighted by atomic mass is 10.3. The second kappa shape index (κ2) is 8.72. The average molecular weight is 364 g/mol. The van der Waals surface area contributed by atoms with Crippen molar-refractivity contribution in [3.8, 4) is 0 Å². The third-order valence-corrected chi connectivity index (χ3v) is 5.60. The van der Waals surface area contributed by atoms with Crippen LogP contribution in [0.2, 0.25) is 0 Å². The van der Waals surface area contributed by atoms with E-state index in [1.165, 1.54) is 0 Å². The first-order chi connectivity index (χ1) is 9.86. The fourth-order valence-corrected chi connectivity index (χ4v) is 3.76. The predicted octanol–water partition coefficient (Wildman–Crippen LogP) is 1.91. The molecular formula is C12H21N5S4. The third-order valence-electron chi connectivity index (χ3n) is 2.54. The largest absolute Gasteiger partial charge is 0.353 e. The fraction of sp³-hybridized carbons (Fsp3) is 0.667. The Morgan fingerprint density at radius 1 is 1.00 bits per heavy atom. The van der Waals surface area contributed by atoms with Gasteiger partial charge in [0.1, 0.15) is 0 Å². The van der Waals surface area contributed by atoms with Gasteiger partial charge in [-0.3, -0.25) is 4.57 Å². The Hall–Kier alpha value is -0.640. The summed E-state index contributed by atoms with van der Waals surface area (Å²) in [5.41, 5.74) is 0. The van der Waals surface area contributed by atoms with Crippen LogP contribution in [0.25, 0.3) is 0 Å². The first kappa shape index (κ1) is 18.4. The Morgan fingerprint density at radius 3 is 1.76 bits per heavy atom. The summed E-state index contributed by atoms with van der Waals surface area (Å²) >= 11 is 10.5. The summed E-state index contributed by atoms with van der Waals surface area (Å²) in [4.78, 5) is 14.4. The Labute approximate surface area is 143 Å². The summed E-state index contributed by atoms with van der Waals surface area (Å²) in [6.45, 7) is 3.04. The van der Waals surface area contributed by atoms with Crippen molar-refractivity contribution in [2.75, 3.05) is 28.2 Å². The van der Waals surface area contributed by atoms with E-state index >= 15 is 0 Å². The topological polar surface area (TPSA) is 36.1 Å². The Balaban J connectivity index is 3.32. The third kappa shape index (κ3) is 5.57. The zero-order valence-electron chi connectivity index (χ0n) is 13.0. The second-order valence-corrected chi connectivity index (χ2v) is 7.61.